The van der Waals surface area contributed by atoms with E-state index in [0.29, 0.717) is 24.3 Å². The second-order valence-electron chi connectivity index (χ2n) is 6.03. The predicted molar refractivity (Wildman–Crippen MR) is 101 cm³/mol. The molecule has 0 unspecified atom stereocenters. The molecule has 0 atom stereocenters. The molecule has 0 fully saturated rings. The number of hydrogen-bond donors (Lipinski definition) is 1. The second kappa shape index (κ2) is 7.78. The minimum atomic E-state index is -0.161. The minimum Gasteiger partial charge on any atom is -0.347 e. The van der Waals surface area contributed by atoms with E-state index in [9.17, 15) is 9.59 Å². The molecule has 0 saturated carbocycles. The van der Waals surface area contributed by atoms with Crippen molar-refractivity contribution in [3.05, 3.63) is 77.1 Å². The van der Waals surface area contributed by atoms with Crippen molar-refractivity contribution in [3.8, 4) is 11.1 Å². The summed E-state index contributed by atoms with van der Waals surface area (Å²) in [7, 11) is 0. The fourth-order valence-electron chi connectivity index (χ4n) is 2.98. The number of hydrogen-bond acceptors (Lipinski definition) is 3. The highest BCUT2D eigenvalue weighted by atomic mass is 16.2. The minimum absolute atomic E-state index is 0.161. The third-order valence-corrected chi connectivity index (χ3v) is 4.27. The van der Waals surface area contributed by atoms with Gasteiger partial charge in [0.25, 0.3) is 5.91 Å². The molecule has 3 rings (SSSR count). The summed E-state index contributed by atoms with van der Waals surface area (Å²) in [4.78, 5) is 23.8. The quantitative estimate of drug-likeness (QED) is 0.693. The predicted octanol–water partition coefficient (Wildman–Crippen LogP) is 3.62. The number of nitrogens with zero attached hydrogens (tertiary/aromatic N) is 2. The summed E-state index contributed by atoms with van der Waals surface area (Å²) in [5.74, 6) is -0.161. The first-order chi connectivity index (χ1) is 12.6. The van der Waals surface area contributed by atoms with Gasteiger partial charge in [0.2, 0.25) is 0 Å². The summed E-state index contributed by atoms with van der Waals surface area (Å²) >= 11 is 0. The fraction of sp³-hybridized carbons (Fsp3) is 0.190. The molecular formula is C21H21N3O2. The van der Waals surface area contributed by atoms with E-state index in [4.69, 9.17) is 0 Å². The SMILES string of the molecule is CCn1nc(C)c(-c2ccc(C=O)cc2)c1C(=O)NCc1ccccc1. The average molecular weight is 347 g/mol. The maximum Gasteiger partial charge on any atom is 0.270 e. The molecule has 2 aromatic carbocycles. The van der Waals surface area contributed by atoms with Crippen LogP contribution in [0.3, 0.4) is 0 Å². The molecule has 3 aromatic rings. The first-order valence-electron chi connectivity index (χ1n) is 8.59. The molecule has 1 heterocycles. The lowest BCUT2D eigenvalue weighted by atomic mass is 10.0. The monoisotopic (exact) mass is 347 g/mol. The molecule has 1 aromatic heterocycles. The van der Waals surface area contributed by atoms with E-state index in [1.165, 1.54) is 0 Å². The van der Waals surface area contributed by atoms with Gasteiger partial charge in [0, 0.05) is 24.2 Å². The van der Waals surface area contributed by atoms with Crippen molar-refractivity contribution in [2.24, 2.45) is 0 Å². The Hall–Kier alpha value is -3.21. The van der Waals surface area contributed by atoms with Gasteiger partial charge in [0.05, 0.1) is 5.69 Å². The highest BCUT2D eigenvalue weighted by molar-refractivity contribution is 6.00. The second-order valence-corrected chi connectivity index (χ2v) is 6.03. The lowest BCUT2D eigenvalue weighted by Crippen LogP contribution is -2.26. The Morgan fingerprint density at radius 1 is 1.12 bits per heavy atom. The van der Waals surface area contributed by atoms with Crippen LogP contribution in [0.1, 0.15) is 39.0 Å². The van der Waals surface area contributed by atoms with E-state index in [-0.39, 0.29) is 5.91 Å². The number of nitrogens with one attached hydrogen (secondary N) is 1. The van der Waals surface area contributed by atoms with Crippen molar-refractivity contribution >= 4 is 12.2 Å². The van der Waals surface area contributed by atoms with Crippen LogP contribution in [0.15, 0.2) is 54.6 Å². The standard InChI is InChI=1S/C21H21N3O2/c1-3-24-20(21(26)22-13-16-7-5-4-6-8-16)19(15(2)23-24)18-11-9-17(14-25)10-12-18/h4-12,14H,3,13H2,1-2H3,(H,22,26). The first kappa shape index (κ1) is 17.6. The summed E-state index contributed by atoms with van der Waals surface area (Å²) in [6, 6.07) is 17.0. The van der Waals surface area contributed by atoms with Gasteiger partial charge in [-0.25, -0.2) is 0 Å². The van der Waals surface area contributed by atoms with Gasteiger partial charge in [-0.15, -0.1) is 0 Å². The number of rotatable bonds is 6. The van der Waals surface area contributed by atoms with Gasteiger partial charge in [-0.05, 0) is 25.0 Å². The molecule has 1 N–H and O–H groups in total. The highest BCUT2D eigenvalue weighted by Crippen LogP contribution is 2.28. The van der Waals surface area contributed by atoms with Gasteiger partial charge >= 0.3 is 0 Å². The Balaban J connectivity index is 1.94. The van der Waals surface area contributed by atoms with Crippen molar-refractivity contribution < 1.29 is 9.59 Å². The smallest absolute Gasteiger partial charge is 0.270 e. The Morgan fingerprint density at radius 2 is 1.81 bits per heavy atom. The van der Waals surface area contributed by atoms with Crippen LogP contribution in [0.4, 0.5) is 0 Å². The number of aldehydes is 1. The largest absolute Gasteiger partial charge is 0.347 e. The van der Waals surface area contributed by atoms with Gasteiger partial charge in [0.15, 0.2) is 0 Å². The van der Waals surface area contributed by atoms with Crippen LogP contribution in [0.5, 0.6) is 0 Å². The Morgan fingerprint density at radius 3 is 2.42 bits per heavy atom. The summed E-state index contributed by atoms with van der Waals surface area (Å²) in [5, 5.41) is 7.49. The molecule has 26 heavy (non-hydrogen) atoms. The van der Waals surface area contributed by atoms with Crippen molar-refractivity contribution in [3.63, 3.8) is 0 Å². The third kappa shape index (κ3) is 3.57. The average Bonchev–Trinajstić information content (AvgIpc) is 3.03. The Kier molecular flexibility index (Phi) is 5.27. The molecular weight excluding hydrogens is 326 g/mol. The molecule has 0 bridgehead atoms. The molecule has 5 nitrogen and oxygen atoms in total. The molecule has 0 saturated heterocycles. The van der Waals surface area contributed by atoms with Crippen LogP contribution >= 0.6 is 0 Å². The van der Waals surface area contributed by atoms with Crippen molar-refractivity contribution in [2.45, 2.75) is 26.9 Å². The van der Waals surface area contributed by atoms with E-state index >= 15 is 0 Å². The first-order valence-corrected chi connectivity index (χ1v) is 8.59. The zero-order valence-corrected chi connectivity index (χ0v) is 14.9. The molecule has 0 aliphatic heterocycles. The molecule has 1 amide bonds. The van der Waals surface area contributed by atoms with E-state index in [1.54, 1.807) is 16.8 Å². The van der Waals surface area contributed by atoms with Crippen LogP contribution in [0, 0.1) is 6.92 Å². The molecule has 0 spiro atoms. The Bertz CT molecular complexity index is 912. The van der Waals surface area contributed by atoms with Crippen molar-refractivity contribution in [1.82, 2.24) is 15.1 Å². The van der Waals surface area contributed by atoms with Gasteiger partial charge in [0.1, 0.15) is 12.0 Å². The van der Waals surface area contributed by atoms with Crippen LogP contribution in [-0.4, -0.2) is 22.0 Å². The van der Waals surface area contributed by atoms with E-state index in [2.05, 4.69) is 10.4 Å². The number of aromatic nitrogens is 2. The molecule has 0 aliphatic carbocycles. The van der Waals surface area contributed by atoms with E-state index in [0.717, 1.165) is 28.7 Å². The van der Waals surface area contributed by atoms with Gasteiger partial charge in [-0.1, -0.05) is 54.6 Å². The molecule has 132 valence electrons. The van der Waals surface area contributed by atoms with E-state index in [1.807, 2.05) is 56.3 Å². The summed E-state index contributed by atoms with van der Waals surface area (Å²) in [6.07, 6.45) is 0.805. The normalized spacial score (nSPS) is 10.5. The van der Waals surface area contributed by atoms with Crippen LogP contribution in [0.2, 0.25) is 0 Å². The highest BCUT2D eigenvalue weighted by Gasteiger charge is 2.22. The fourth-order valence-corrected chi connectivity index (χ4v) is 2.98. The number of carbonyl (C=O) groups is 2. The molecule has 5 heteroatoms. The van der Waals surface area contributed by atoms with Gasteiger partial charge in [-0.3, -0.25) is 14.3 Å². The van der Waals surface area contributed by atoms with E-state index < -0.39 is 0 Å². The maximum absolute atomic E-state index is 12.9. The van der Waals surface area contributed by atoms with Gasteiger partial charge < -0.3 is 5.32 Å². The van der Waals surface area contributed by atoms with Crippen molar-refractivity contribution in [1.29, 1.82) is 0 Å². The Labute approximate surface area is 152 Å². The maximum atomic E-state index is 12.9. The number of carbonyl (C=O) groups excluding carboxylic acids is 2. The van der Waals surface area contributed by atoms with Crippen LogP contribution in [0.25, 0.3) is 11.1 Å². The molecule has 0 aliphatic rings. The topological polar surface area (TPSA) is 64.0 Å². The van der Waals surface area contributed by atoms with Crippen LogP contribution in [-0.2, 0) is 13.1 Å². The van der Waals surface area contributed by atoms with Crippen LogP contribution < -0.4 is 5.32 Å². The van der Waals surface area contributed by atoms with Gasteiger partial charge in [-0.2, -0.15) is 5.10 Å². The number of amides is 1. The summed E-state index contributed by atoms with van der Waals surface area (Å²) < 4.78 is 1.72. The summed E-state index contributed by atoms with van der Waals surface area (Å²) in [5.41, 5.74) is 4.64. The third-order valence-electron chi connectivity index (χ3n) is 4.27. The zero-order valence-electron chi connectivity index (χ0n) is 14.9. The number of aryl methyl sites for hydroxylation is 2. The lowest BCUT2D eigenvalue weighted by Gasteiger charge is -2.10. The number of benzene rings is 2. The zero-order chi connectivity index (χ0) is 18.5. The van der Waals surface area contributed by atoms with Crippen molar-refractivity contribution in [2.75, 3.05) is 0 Å². The lowest BCUT2D eigenvalue weighted by molar-refractivity contribution is 0.0940. The molecule has 0 radical (unpaired) electrons. The summed E-state index contributed by atoms with van der Waals surface area (Å²) in [6.45, 7) is 4.90.